The van der Waals surface area contributed by atoms with Crippen LogP contribution in [0.25, 0.3) is 11.0 Å². The van der Waals surface area contributed by atoms with Crippen molar-refractivity contribution >= 4 is 28.5 Å². The molecular weight excluding hydrogens is 360 g/mol. The Hall–Kier alpha value is -2.23. The van der Waals surface area contributed by atoms with Crippen LogP contribution in [0.2, 0.25) is 5.02 Å². The fourth-order valence-electron chi connectivity index (χ4n) is 3.22. The molecule has 1 saturated heterocycles. The SMILES string of the molecule is Nc1ncnc2c1ccn2[C@@H]1O[C@H](C(O)c2ccc(Cl)cc2)[C@@H](O)[C@H]1O. The van der Waals surface area contributed by atoms with Gasteiger partial charge in [0.15, 0.2) is 6.23 Å². The topological polar surface area (TPSA) is 127 Å². The van der Waals surface area contributed by atoms with Crippen LogP contribution >= 0.6 is 11.6 Å². The molecule has 1 fully saturated rings. The number of nitrogens with two attached hydrogens (primary N) is 1. The summed E-state index contributed by atoms with van der Waals surface area (Å²) in [5.74, 6) is 0.305. The molecule has 3 aromatic rings. The number of aliphatic hydroxyl groups is 3. The van der Waals surface area contributed by atoms with Crippen molar-refractivity contribution in [3.8, 4) is 0 Å². The van der Waals surface area contributed by atoms with Gasteiger partial charge in [0.1, 0.15) is 42.2 Å². The lowest BCUT2D eigenvalue weighted by Gasteiger charge is -2.21. The summed E-state index contributed by atoms with van der Waals surface area (Å²) in [5, 5.41) is 32.6. The summed E-state index contributed by atoms with van der Waals surface area (Å²) < 4.78 is 7.37. The van der Waals surface area contributed by atoms with Crippen molar-refractivity contribution in [3.63, 3.8) is 0 Å². The van der Waals surface area contributed by atoms with Crippen molar-refractivity contribution in [2.24, 2.45) is 0 Å². The molecule has 26 heavy (non-hydrogen) atoms. The average Bonchev–Trinajstić information content (AvgIpc) is 3.18. The fraction of sp³-hybridized carbons (Fsp3) is 0.294. The van der Waals surface area contributed by atoms with E-state index in [-0.39, 0.29) is 0 Å². The number of aromatic nitrogens is 3. The zero-order chi connectivity index (χ0) is 18.4. The molecule has 8 nitrogen and oxygen atoms in total. The third kappa shape index (κ3) is 2.72. The predicted molar refractivity (Wildman–Crippen MR) is 94.3 cm³/mol. The van der Waals surface area contributed by atoms with E-state index in [4.69, 9.17) is 22.1 Å². The zero-order valence-electron chi connectivity index (χ0n) is 13.5. The monoisotopic (exact) mass is 376 g/mol. The van der Waals surface area contributed by atoms with Gasteiger partial charge in [0.2, 0.25) is 0 Å². The third-order valence-corrected chi connectivity index (χ3v) is 4.86. The first-order valence-electron chi connectivity index (χ1n) is 7.99. The molecule has 5 atom stereocenters. The average molecular weight is 377 g/mol. The van der Waals surface area contributed by atoms with E-state index in [0.29, 0.717) is 27.4 Å². The third-order valence-electron chi connectivity index (χ3n) is 4.61. The molecule has 0 aliphatic carbocycles. The number of nitrogens with zero attached hydrogens (tertiary/aromatic N) is 3. The number of fused-ring (bicyclic) bond motifs is 1. The Bertz CT molecular complexity index is 932. The Labute approximate surface area is 153 Å². The first-order chi connectivity index (χ1) is 12.5. The highest BCUT2D eigenvalue weighted by Gasteiger charge is 2.47. The second-order valence-electron chi connectivity index (χ2n) is 6.19. The molecule has 0 bridgehead atoms. The number of anilines is 1. The number of benzene rings is 1. The lowest BCUT2D eigenvalue weighted by Crippen LogP contribution is -2.34. The molecule has 0 amide bonds. The van der Waals surface area contributed by atoms with Crippen LogP contribution in [0.5, 0.6) is 0 Å². The second kappa shape index (κ2) is 6.49. The van der Waals surface area contributed by atoms with Gasteiger partial charge in [-0.2, -0.15) is 0 Å². The summed E-state index contributed by atoms with van der Waals surface area (Å²) in [5.41, 5.74) is 6.82. The van der Waals surface area contributed by atoms with Crippen molar-refractivity contribution in [2.45, 2.75) is 30.6 Å². The molecule has 0 radical (unpaired) electrons. The van der Waals surface area contributed by atoms with Gasteiger partial charge in [-0.05, 0) is 23.8 Å². The van der Waals surface area contributed by atoms with Crippen molar-refractivity contribution in [2.75, 3.05) is 5.73 Å². The Morgan fingerprint density at radius 1 is 1.12 bits per heavy atom. The first kappa shape index (κ1) is 17.2. The molecule has 136 valence electrons. The Morgan fingerprint density at radius 2 is 1.85 bits per heavy atom. The summed E-state index contributed by atoms with van der Waals surface area (Å²) >= 11 is 5.86. The van der Waals surface area contributed by atoms with Gasteiger partial charge in [0, 0.05) is 11.2 Å². The van der Waals surface area contributed by atoms with Gasteiger partial charge < -0.3 is 30.4 Å². The molecule has 5 N–H and O–H groups in total. The molecule has 1 unspecified atom stereocenters. The highest BCUT2D eigenvalue weighted by Crippen LogP contribution is 2.37. The predicted octanol–water partition coefficient (Wildman–Crippen LogP) is 1.02. The molecule has 4 rings (SSSR count). The van der Waals surface area contributed by atoms with Crippen molar-refractivity contribution in [1.29, 1.82) is 0 Å². The van der Waals surface area contributed by atoms with E-state index in [1.807, 2.05) is 0 Å². The fourth-order valence-corrected chi connectivity index (χ4v) is 3.35. The molecule has 2 aromatic heterocycles. The maximum atomic E-state index is 10.6. The van der Waals surface area contributed by atoms with Crippen LogP contribution in [-0.4, -0.2) is 48.2 Å². The molecule has 1 aliphatic heterocycles. The molecule has 3 heterocycles. The standard InChI is InChI=1S/C17H17ClN4O4/c18-9-3-1-8(2-4-9)11(23)14-12(24)13(25)17(26-14)22-6-5-10-15(19)20-7-21-16(10)22/h1-7,11-14,17,23-25H,(H2,19,20,21)/t11?,12-,13+,14+,17+/m0/s1. The van der Waals surface area contributed by atoms with Gasteiger partial charge in [0.25, 0.3) is 0 Å². The highest BCUT2D eigenvalue weighted by atomic mass is 35.5. The summed E-state index contributed by atoms with van der Waals surface area (Å²) in [6, 6.07) is 8.25. The van der Waals surface area contributed by atoms with Gasteiger partial charge in [0.05, 0.1) is 5.39 Å². The molecule has 0 spiro atoms. The largest absolute Gasteiger partial charge is 0.387 e. The lowest BCUT2D eigenvalue weighted by molar-refractivity contribution is -0.0848. The zero-order valence-corrected chi connectivity index (χ0v) is 14.2. The number of halogens is 1. The summed E-state index contributed by atoms with van der Waals surface area (Å²) in [6.07, 6.45) is -2.67. The van der Waals surface area contributed by atoms with Gasteiger partial charge in [-0.1, -0.05) is 23.7 Å². The van der Waals surface area contributed by atoms with E-state index in [0.717, 1.165) is 0 Å². The number of rotatable bonds is 3. The van der Waals surface area contributed by atoms with Crippen LogP contribution in [0, 0.1) is 0 Å². The van der Waals surface area contributed by atoms with Crippen LogP contribution in [-0.2, 0) is 4.74 Å². The summed E-state index contributed by atoms with van der Waals surface area (Å²) in [4.78, 5) is 8.09. The van der Waals surface area contributed by atoms with Crippen molar-refractivity contribution in [3.05, 3.63) is 53.4 Å². The maximum Gasteiger partial charge on any atom is 0.164 e. The van der Waals surface area contributed by atoms with Crippen LogP contribution in [0.3, 0.4) is 0 Å². The van der Waals surface area contributed by atoms with Gasteiger partial charge in [-0.25, -0.2) is 9.97 Å². The normalized spacial score (nSPS) is 27.1. The van der Waals surface area contributed by atoms with Gasteiger partial charge in [-0.15, -0.1) is 0 Å². The first-order valence-corrected chi connectivity index (χ1v) is 8.37. The number of aliphatic hydroxyl groups excluding tert-OH is 3. The number of ether oxygens (including phenoxy) is 1. The van der Waals surface area contributed by atoms with E-state index in [1.54, 1.807) is 41.1 Å². The maximum absolute atomic E-state index is 10.6. The van der Waals surface area contributed by atoms with Crippen LogP contribution in [0.4, 0.5) is 5.82 Å². The number of nitrogen functional groups attached to an aromatic ring is 1. The highest BCUT2D eigenvalue weighted by molar-refractivity contribution is 6.30. The Kier molecular flexibility index (Phi) is 4.29. The number of hydrogen-bond donors (Lipinski definition) is 4. The van der Waals surface area contributed by atoms with E-state index in [1.165, 1.54) is 6.33 Å². The Balaban J connectivity index is 1.65. The molecular formula is C17H17ClN4O4. The molecule has 0 saturated carbocycles. The smallest absolute Gasteiger partial charge is 0.164 e. The molecule has 1 aliphatic rings. The Morgan fingerprint density at radius 3 is 2.58 bits per heavy atom. The van der Waals surface area contributed by atoms with Crippen LogP contribution < -0.4 is 5.73 Å². The summed E-state index contributed by atoms with van der Waals surface area (Å²) in [6.45, 7) is 0. The van der Waals surface area contributed by atoms with Crippen LogP contribution in [0.15, 0.2) is 42.9 Å². The minimum atomic E-state index is -1.29. The summed E-state index contributed by atoms with van der Waals surface area (Å²) in [7, 11) is 0. The van der Waals surface area contributed by atoms with Gasteiger partial charge >= 0.3 is 0 Å². The van der Waals surface area contributed by atoms with Crippen molar-refractivity contribution < 1.29 is 20.1 Å². The molecule has 1 aromatic carbocycles. The minimum absolute atomic E-state index is 0.305. The van der Waals surface area contributed by atoms with Crippen LogP contribution in [0.1, 0.15) is 17.9 Å². The van der Waals surface area contributed by atoms with E-state index in [9.17, 15) is 15.3 Å². The lowest BCUT2D eigenvalue weighted by atomic mass is 9.99. The van der Waals surface area contributed by atoms with E-state index < -0.39 is 30.6 Å². The van der Waals surface area contributed by atoms with E-state index in [2.05, 4.69) is 9.97 Å². The van der Waals surface area contributed by atoms with Crippen molar-refractivity contribution in [1.82, 2.24) is 14.5 Å². The number of hydrogen-bond acceptors (Lipinski definition) is 7. The second-order valence-corrected chi connectivity index (χ2v) is 6.62. The minimum Gasteiger partial charge on any atom is -0.387 e. The quantitative estimate of drug-likeness (QED) is 0.537. The molecule has 9 heteroatoms. The van der Waals surface area contributed by atoms with E-state index >= 15 is 0 Å². The van der Waals surface area contributed by atoms with Gasteiger partial charge in [-0.3, -0.25) is 0 Å².